The molecule has 1 atom stereocenters. The van der Waals surface area contributed by atoms with Gasteiger partial charge in [-0.15, -0.1) is 0 Å². The number of hydrogen-bond donors (Lipinski definition) is 0. The largest absolute Gasteiger partial charge is 0.254 e. The van der Waals surface area contributed by atoms with Crippen molar-refractivity contribution in [2.24, 2.45) is 9.98 Å². The van der Waals surface area contributed by atoms with E-state index >= 15 is 0 Å². The summed E-state index contributed by atoms with van der Waals surface area (Å²) in [7, 11) is 0. The SMILES string of the molecule is C1=NC2=CC=NC2=C1.P. The molecule has 0 saturated heterocycles. The van der Waals surface area contributed by atoms with Crippen LogP contribution in [0.4, 0.5) is 0 Å². The summed E-state index contributed by atoms with van der Waals surface area (Å²) in [5.41, 5.74) is 1.98. The summed E-state index contributed by atoms with van der Waals surface area (Å²) in [5, 5.41) is 0. The van der Waals surface area contributed by atoms with Crippen molar-refractivity contribution >= 4 is 22.3 Å². The highest BCUT2D eigenvalue weighted by Crippen LogP contribution is 2.19. The maximum atomic E-state index is 4.02. The van der Waals surface area contributed by atoms with Crippen LogP contribution < -0.4 is 0 Å². The molecule has 0 spiro atoms. The van der Waals surface area contributed by atoms with Crippen molar-refractivity contribution in [1.29, 1.82) is 0 Å². The Morgan fingerprint density at radius 3 is 1.78 bits per heavy atom. The minimum absolute atomic E-state index is 0. The van der Waals surface area contributed by atoms with Gasteiger partial charge in [0, 0.05) is 12.4 Å². The van der Waals surface area contributed by atoms with Gasteiger partial charge in [-0.3, -0.25) is 9.98 Å². The summed E-state index contributed by atoms with van der Waals surface area (Å²) in [4.78, 5) is 8.03. The Morgan fingerprint density at radius 1 is 0.889 bits per heavy atom. The predicted octanol–water partition coefficient (Wildman–Crippen LogP) is 0.981. The molecule has 0 amide bonds. The van der Waals surface area contributed by atoms with Crippen LogP contribution in [0.1, 0.15) is 0 Å². The van der Waals surface area contributed by atoms with Crippen LogP contribution >= 0.6 is 9.90 Å². The monoisotopic (exact) mass is 138 g/mol. The van der Waals surface area contributed by atoms with E-state index < -0.39 is 0 Å². The molecule has 1 unspecified atom stereocenters. The molecule has 9 heavy (non-hydrogen) atoms. The number of aliphatic imine (C=N–C) groups is 2. The fourth-order valence-corrected chi connectivity index (χ4v) is 0.765. The summed E-state index contributed by atoms with van der Waals surface area (Å²) in [6.07, 6.45) is 7.32. The zero-order chi connectivity index (χ0) is 5.40. The average Bonchev–Trinajstić information content (AvgIpc) is 2.15. The lowest BCUT2D eigenvalue weighted by Gasteiger charge is -1.83. The zero-order valence-electron chi connectivity index (χ0n) is 4.91. The van der Waals surface area contributed by atoms with Gasteiger partial charge in [-0.1, -0.05) is 0 Å². The van der Waals surface area contributed by atoms with E-state index in [4.69, 9.17) is 0 Å². The van der Waals surface area contributed by atoms with Crippen LogP contribution in [0.5, 0.6) is 0 Å². The predicted molar refractivity (Wildman–Crippen MR) is 44.3 cm³/mol. The smallest absolute Gasteiger partial charge is 0.0901 e. The molecule has 0 bridgehead atoms. The van der Waals surface area contributed by atoms with E-state index in [9.17, 15) is 0 Å². The lowest BCUT2D eigenvalue weighted by atomic mass is 10.4. The van der Waals surface area contributed by atoms with E-state index in [0.717, 1.165) is 11.4 Å². The average molecular weight is 138 g/mol. The Kier molecular flexibility index (Phi) is 1.58. The number of allylic oxidation sites excluding steroid dienone is 2. The van der Waals surface area contributed by atoms with Gasteiger partial charge in [-0.25, -0.2) is 0 Å². The van der Waals surface area contributed by atoms with Gasteiger partial charge >= 0.3 is 0 Å². The molecular formula is C6H7N2P. The van der Waals surface area contributed by atoms with E-state index in [2.05, 4.69) is 9.98 Å². The van der Waals surface area contributed by atoms with Gasteiger partial charge in [0.15, 0.2) is 0 Å². The van der Waals surface area contributed by atoms with Gasteiger partial charge < -0.3 is 0 Å². The standard InChI is InChI=1S/C6H4N2.H3P/c1-3-7-6-2-4-8-5(1)6;/h1-4H;1H3. The molecule has 46 valence electrons. The van der Waals surface area contributed by atoms with Gasteiger partial charge in [-0.05, 0) is 12.2 Å². The third-order valence-electron chi connectivity index (χ3n) is 1.15. The summed E-state index contributed by atoms with van der Waals surface area (Å²) in [5.74, 6) is 0. The van der Waals surface area contributed by atoms with Crippen molar-refractivity contribution < 1.29 is 0 Å². The van der Waals surface area contributed by atoms with Gasteiger partial charge in [0.25, 0.3) is 0 Å². The van der Waals surface area contributed by atoms with Crippen molar-refractivity contribution in [3.05, 3.63) is 23.5 Å². The molecule has 2 nitrogen and oxygen atoms in total. The van der Waals surface area contributed by atoms with Crippen molar-refractivity contribution in [2.45, 2.75) is 0 Å². The molecule has 3 heteroatoms. The molecule has 0 fully saturated rings. The second kappa shape index (κ2) is 2.24. The number of nitrogens with zero attached hydrogens (tertiary/aromatic N) is 2. The maximum absolute atomic E-state index is 4.02. The first-order valence-electron chi connectivity index (χ1n) is 2.46. The van der Waals surface area contributed by atoms with E-state index in [0.29, 0.717) is 0 Å². The highest BCUT2D eigenvalue weighted by Gasteiger charge is 2.07. The van der Waals surface area contributed by atoms with Crippen LogP contribution in [-0.4, -0.2) is 12.4 Å². The number of fused-ring (bicyclic) bond motifs is 1. The summed E-state index contributed by atoms with van der Waals surface area (Å²) >= 11 is 0. The Bertz CT molecular complexity index is 209. The van der Waals surface area contributed by atoms with Gasteiger partial charge in [0.1, 0.15) is 0 Å². The minimum atomic E-state index is 0. The molecule has 2 aliphatic rings. The van der Waals surface area contributed by atoms with Crippen LogP contribution in [-0.2, 0) is 0 Å². The number of rotatable bonds is 0. The van der Waals surface area contributed by atoms with Crippen molar-refractivity contribution in [1.82, 2.24) is 0 Å². The van der Waals surface area contributed by atoms with E-state index in [1.165, 1.54) is 0 Å². The third-order valence-corrected chi connectivity index (χ3v) is 1.15. The molecule has 2 heterocycles. The van der Waals surface area contributed by atoms with Gasteiger partial charge in [-0.2, -0.15) is 9.90 Å². The third kappa shape index (κ3) is 0.859. The van der Waals surface area contributed by atoms with E-state index in [1.54, 1.807) is 12.4 Å². The van der Waals surface area contributed by atoms with Gasteiger partial charge in [0.2, 0.25) is 0 Å². The van der Waals surface area contributed by atoms with Gasteiger partial charge in [0.05, 0.1) is 11.4 Å². The highest BCUT2D eigenvalue weighted by molar-refractivity contribution is 6.92. The van der Waals surface area contributed by atoms with Crippen molar-refractivity contribution in [3.8, 4) is 0 Å². The number of hydrogen-bond acceptors (Lipinski definition) is 2. The molecule has 2 aliphatic heterocycles. The molecule has 0 N–H and O–H groups in total. The van der Waals surface area contributed by atoms with E-state index in [-0.39, 0.29) is 9.90 Å². The molecule has 0 saturated carbocycles. The maximum Gasteiger partial charge on any atom is 0.0901 e. The second-order valence-electron chi connectivity index (χ2n) is 1.66. The first kappa shape index (κ1) is 6.37. The summed E-state index contributed by atoms with van der Waals surface area (Å²) in [6.45, 7) is 0. The highest BCUT2D eigenvalue weighted by atomic mass is 31.0. The Morgan fingerprint density at radius 2 is 1.33 bits per heavy atom. The van der Waals surface area contributed by atoms with Crippen molar-refractivity contribution in [3.63, 3.8) is 0 Å². The molecule has 2 rings (SSSR count). The molecule has 0 aromatic carbocycles. The first-order chi connectivity index (χ1) is 3.97. The van der Waals surface area contributed by atoms with Crippen LogP contribution in [0.2, 0.25) is 0 Å². The second-order valence-corrected chi connectivity index (χ2v) is 1.66. The lowest BCUT2D eigenvalue weighted by Crippen LogP contribution is -1.66. The van der Waals surface area contributed by atoms with Crippen LogP contribution in [0.3, 0.4) is 0 Å². The molecule has 0 aromatic heterocycles. The molecule has 0 aromatic rings. The summed E-state index contributed by atoms with van der Waals surface area (Å²) < 4.78 is 0. The Labute approximate surface area is 56.7 Å². The quantitative estimate of drug-likeness (QED) is 0.446. The lowest BCUT2D eigenvalue weighted by molar-refractivity contribution is 1.33. The molecule has 0 radical (unpaired) electrons. The fraction of sp³-hybridized carbons (Fsp3) is 0. The van der Waals surface area contributed by atoms with Crippen LogP contribution in [0, 0.1) is 0 Å². The Hall–Kier alpha value is -0.750. The fourth-order valence-electron chi connectivity index (χ4n) is 0.765. The van der Waals surface area contributed by atoms with Crippen molar-refractivity contribution in [2.75, 3.05) is 0 Å². The minimum Gasteiger partial charge on any atom is -0.254 e. The Balaban J connectivity index is 0.000000405. The normalized spacial score (nSPS) is 18.7. The van der Waals surface area contributed by atoms with Crippen LogP contribution in [0.25, 0.3) is 0 Å². The molecule has 0 aliphatic carbocycles. The zero-order valence-corrected chi connectivity index (χ0v) is 6.33. The molecular weight excluding hydrogens is 131 g/mol. The van der Waals surface area contributed by atoms with E-state index in [1.807, 2.05) is 12.2 Å². The van der Waals surface area contributed by atoms with Crippen LogP contribution in [0.15, 0.2) is 33.5 Å². The topological polar surface area (TPSA) is 24.7 Å². The first-order valence-corrected chi connectivity index (χ1v) is 2.46. The summed E-state index contributed by atoms with van der Waals surface area (Å²) in [6, 6.07) is 0.